The number of para-hydroxylation sites is 4. The predicted octanol–water partition coefficient (Wildman–Crippen LogP) is 6.92. The monoisotopic (exact) mass is 408 g/mol. The van der Waals surface area contributed by atoms with Crippen molar-refractivity contribution >= 4 is 34.9 Å². The van der Waals surface area contributed by atoms with Crippen molar-refractivity contribution in [2.75, 3.05) is 9.80 Å². The van der Waals surface area contributed by atoms with Gasteiger partial charge < -0.3 is 4.74 Å². The van der Waals surface area contributed by atoms with Crippen LogP contribution in [0.5, 0.6) is 0 Å². The summed E-state index contributed by atoms with van der Waals surface area (Å²) in [6.07, 6.45) is -1.58. The zero-order chi connectivity index (χ0) is 21.5. The van der Waals surface area contributed by atoms with Crippen molar-refractivity contribution in [1.29, 1.82) is 0 Å². The zero-order valence-electron chi connectivity index (χ0n) is 16.7. The third-order valence-electron chi connectivity index (χ3n) is 4.60. The van der Waals surface area contributed by atoms with E-state index in [1.54, 1.807) is 48.5 Å². The Kier molecular flexibility index (Phi) is 6.05. The highest BCUT2D eigenvalue weighted by Gasteiger charge is 2.27. The first kappa shape index (κ1) is 19.9. The van der Waals surface area contributed by atoms with Crippen LogP contribution >= 0.6 is 0 Å². The minimum atomic E-state index is -0.792. The number of nitrogens with zero attached hydrogens (tertiary/aromatic N) is 2. The van der Waals surface area contributed by atoms with Crippen molar-refractivity contribution < 1.29 is 14.3 Å². The molecule has 4 aromatic rings. The summed E-state index contributed by atoms with van der Waals surface area (Å²) in [6.45, 7) is 0. The van der Waals surface area contributed by atoms with Gasteiger partial charge >= 0.3 is 12.2 Å². The average Bonchev–Trinajstić information content (AvgIpc) is 2.82. The molecular formula is C26H20N2O3. The fourth-order valence-electron chi connectivity index (χ4n) is 3.19. The molecule has 0 bridgehead atoms. The van der Waals surface area contributed by atoms with Gasteiger partial charge in [-0.05, 0) is 48.5 Å². The van der Waals surface area contributed by atoms with E-state index in [9.17, 15) is 9.59 Å². The summed E-state index contributed by atoms with van der Waals surface area (Å²) in [5.41, 5.74) is 2.38. The number of carbonyl (C=O) groups excluding carboxylic acids is 2. The Labute approximate surface area is 180 Å². The molecule has 5 heteroatoms. The summed E-state index contributed by atoms with van der Waals surface area (Å²) < 4.78 is 5.37. The van der Waals surface area contributed by atoms with Crippen molar-refractivity contribution in [2.45, 2.75) is 0 Å². The highest BCUT2D eigenvalue weighted by molar-refractivity contribution is 6.06. The van der Waals surface area contributed by atoms with Gasteiger partial charge in [0, 0.05) is 0 Å². The minimum absolute atomic E-state index is 0.595. The van der Waals surface area contributed by atoms with Crippen LogP contribution in [0.3, 0.4) is 0 Å². The zero-order valence-corrected chi connectivity index (χ0v) is 16.7. The van der Waals surface area contributed by atoms with Gasteiger partial charge in [0.2, 0.25) is 0 Å². The highest BCUT2D eigenvalue weighted by Crippen LogP contribution is 2.29. The SMILES string of the molecule is O=C(OC(=O)N(c1ccccc1)c1ccccc1)N(c1ccccc1)c1ccccc1. The highest BCUT2D eigenvalue weighted by atomic mass is 16.6. The Balaban J connectivity index is 1.66. The number of carbonyl (C=O) groups is 2. The van der Waals surface area contributed by atoms with Gasteiger partial charge in [-0.3, -0.25) is 0 Å². The van der Waals surface area contributed by atoms with Crippen LogP contribution in [0.1, 0.15) is 0 Å². The maximum atomic E-state index is 13.2. The standard InChI is InChI=1S/C26H20N2O3/c29-25(27(21-13-5-1-6-14-21)22-15-7-2-8-16-22)31-26(30)28(23-17-9-3-10-18-23)24-19-11-4-12-20-24/h1-20H. The molecule has 0 aromatic heterocycles. The number of hydrogen-bond acceptors (Lipinski definition) is 3. The van der Waals surface area contributed by atoms with Crippen LogP contribution in [0.15, 0.2) is 121 Å². The van der Waals surface area contributed by atoms with Crippen molar-refractivity contribution in [3.05, 3.63) is 121 Å². The van der Waals surface area contributed by atoms with Crippen molar-refractivity contribution in [2.24, 2.45) is 0 Å². The van der Waals surface area contributed by atoms with E-state index < -0.39 is 12.2 Å². The number of amides is 2. The largest absolute Gasteiger partial charge is 0.427 e. The molecule has 0 unspecified atom stereocenters. The molecule has 0 saturated heterocycles. The van der Waals surface area contributed by atoms with Crippen LogP contribution in [-0.2, 0) is 4.74 Å². The lowest BCUT2D eigenvalue weighted by Crippen LogP contribution is -2.34. The predicted molar refractivity (Wildman–Crippen MR) is 122 cm³/mol. The number of benzene rings is 4. The molecule has 5 nitrogen and oxygen atoms in total. The first-order chi connectivity index (χ1) is 15.2. The van der Waals surface area contributed by atoms with Crippen LogP contribution in [0.25, 0.3) is 0 Å². The van der Waals surface area contributed by atoms with E-state index in [2.05, 4.69) is 0 Å². The lowest BCUT2D eigenvalue weighted by molar-refractivity contribution is 0.163. The molecule has 0 fully saturated rings. The van der Waals surface area contributed by atoms with Gasteiger partial charge in [0.25, 0.3) is 0 Å². The van der Waals surface area contributed by atoms with Crippen molar-refractivity contribution in [1.82, 2.24) is 0 Å². The Hall–Kier alpha value is -4.38. The van der Waals surface area contributed by atoms with Crippen LogP contribution in [0, 0.1) is 0 Å². The molecule has 152 valence electrons. The number of rotatable bonds is 4. The molecule has 0 N–H and O–H groups in total. The second-order valence-corrected chi connectivity index (χ2v) is 6.65. The summed E-state index contributed by atoms with van der Waals surface area (Å²) in [6, 6.07) is 36.2. The number of anilines is 4. The molecule has 0 heterocycles. The van der Waals surface area contributed by atoms with Crippen LogP contribution in [-0.4, -0.2) is 12.2 Å². The Morgan fingerprint density at radius 3 is 0.871 bits per heavy atom. The molecule has 2 amide bonds. The summed E-state index contributed by atoms with van der Waals surface area (Å²) in [5, 5.41) is 0. The summed E-state index contributed by atoms with van der Waals surface area (Å²) in [4.78, 5) is 29.1. The summed E-state index contributed by atoms with van der Waals surface area (Å²) >= 11 is 0. The molecule has 0 radical (unpaired) electrons. The molecule has 0 saturated carbocycles. The van der Waals surface area contributed by atoms with E-state index in [0.717, 1.165) is 0 Å². The van der Waals surface area contributed by atoms with Crippen molar-refractivity contribution in [3.63, 3.8) is 0 Å². The topological polar surface area (TPSA) is 49.9 Å². The van der Waals surface area contributed by atoms with Gasteiger partial charge in [-0.25, -0.2) is 19.4 Å². The molecule has 31 heavy (non-hydrogen) atoms. The third-order valence-corrected chi connectivity index (χ3v) is 4.60. The van der Waals surface area contributed by atoms with Crippen LogP contribution < -0.4 is 9.80 Å². The smallest absolute Gasteiger partial charge is 0.358 e. The van der Waals surface area contributed by atoms with Gasteiger partial charge in [0.05, 0.1) is 22.7 Å². The van der Waals surface area contributed by atoms with Gasteiger partial charge in [-0.15, -0.1) is 0 Å². The number of hydrogen-bond donors (Lipinski definition) is 0. The van der Waals surface area contributed by atoms with E-state index in [0.29, 0.717) is 22.7 Å². The van der Waals surface area contributed by atoms with Gasteiger partial charge in [-0.1, -0.05) is 72.8 Å². The summed E-state index contributed by atoms with van der Waals surface area (Å²) in [7, 11) is 0. The van der Waals surface area contributed by atoms with E-state index >= 15 is 0 Å². The van der Waals surface area contributed by atoms with Crippen LogP contribution in [0.4, 0.5) is 32.3 Å². The maximum absolute atomic E-state index is 13.2. The molecule has 0 aliphatic rings. The second-order valence-electron chi connectivity index (χ2n) is 6.65. The molecule has 0 spiro atoms. The second kappa shape index (κ2) is 9.41. The maximum Gasteiger partial charge on any atom is 0.427 e. The Morgan fingerprint density at radius 1 is 0.419 bits per heavy atom. The molecule has 4 rings (SSSR count). The fourth-order valence-corrected chi connectivity index (χ4v) is 3.19. The fraction of sp³-hybridized carbons (Fsp3) is 0. The van der Waals surface area contributed by atoms with E-state index in [4.69, 9.17) is 4.74 Å². The Morgan fingerprint density at radius 2 is 0.645 bits per heavy atom. The Bertz CT molecular complexity index is 962. The molecule has 0 aliphatic heterocycles. The van der Waals surface area contributed by atoms with Crippen LogP contribution in [0.2, 0.25) is 0 Å². The van der Waals surface area contributed by atoms with Gasteiger partial charge in [-0.2, -0.15) is 0 Å². The van der Waals surface area contributed by atoms with E-state index in [-0.39, 0.29) is 0 Å². The lowest BCUT2D eigenvalue weighted by Gasteiger charge is -2.25. The third kappa shape index (κ3) is 4.62. The molecular weight excluding hydrogens is 388 g/mol. The quantitative estimate of drug-likeness (QED) is 0.344. The van der Waals surface area contributed by atoms with Crippen molar-refractivity contribution in [3.8, 4) is 0 Å². The first-order valence-electron chi connectivity index (χ1n) is 9.80. The van der Waals surface area contributed by atoms with Gasteiger partial charge in [0.15, 0.2) is 0 Å². The molecule has 0 atom stereocenters. The first-order valence-corrected chi connectivity index (χ1v) is 9.80. The number of ether oxygens (including phenoxy) is 1. The molecule has 4 aromatic carbocycles. The van der Waals surface area contributed by atoms with E-state index in [1.807, 2.05) is 72.8 Å². The normalized spacial score (nSPS) is 10.2. The molecule has 0 aliphatic carbocycles. The average molecular weight is 408 g/mol. The minimum Gasteiger partial charge on any atom is -0.358 e. The summed E-state index contributed by atoms with van der Waals surface area (Å²) in [5.74, 6) is 0. The van der Waals surface area contributed by atoms with Gasteiger partial charge in [0.1, 0.15) is 0 Å². The van der Waals surface area contributed by atoms with E-state index in [1.165, 1.54) is 9.80 Å². The lowest BCUT2D eigenvalue weighted by atomic mass is 10.2.